The molecule has 0 aliphatic carbocycles. The van der Waals surface area contributed by atoms with Crippen LogP contribution in [0.5, 0.6) is 17.4 Å². The third kappa shape index (κ3) is 4.49. The maximum Gasteiger partial charge on any atom is 0.262 e. The molecule has 144 valence electrons. The first-order valence-electron chi connectivity index (χ1n) is 9.60. The molecule has 0 spiro atoms. The lowest BCUT2D eigenvalue weighted by Crippen LogP contribution is -2.35. The second kappa shape index (κ2) is 8.85. The van der Waals surface area contributed by atoms with E-state index in [1.807, 2.05) is 30.3 Å². The Hall–Kier alpha value is -2.92. The third-order valence-corrected chi connectivity index (χ3v) is 4.91. The maximum absolute atomic E-state index is 13.2. The topological polar surface area (TPSA) is 43.4 Å². The first kappa shape index (κ1) is 18.4. The van der Waals surface area contributed by atoms with Gasteiger partial charge in [-0.2, -0.15) is 0 Å². The van der Waals surface area contributed by atoms with Gasteiger partial charge in [0.15, 0.2) is 5.75 Å². The van der Waals surface area contributed by atoms with Gasteiger partial charge in [-0.3, -0.25) is 0 Å². The number of aromatic nitrogens is 1. The number of pyridine rings is 1. The first-order valence-corrected chi connectivity index (χ1v) is 9.60. The minimum absolute atomic E-state index is 0.103. The summed E-state index contributed by atoms with van der Waals surface area (Å²) < 4.78 is 25.5. The van der Waals surface area contributed by atoms with Crippen molar-refractivity contribution in [3.63, 3.8) is 0 Å². The molecule has 4 nitrogen and oxygen atoms in total. The second-order valence-electron chi connectivity index (χ2n) is 6.92. The molecule has 1 aromatic heterocycles. The average Bonchev–Trinajstić information content (AvgIpc) is 2.76. The second-order valence-corrected chi connectivity index (χ2v) is 6.92. The highest BCUT2D eigenvalue weighted by atomic mass is 19.1. The van der Waals surface area contributed by atoms with Crippen molar-refractivity contribution in [2.45, 2.75) is 18.9 Å². The van der Waals surface area contributed by atoms with E-state index in [0.717, 1.165) is 31.5 Å². The van der Waals surface area contributed by atoms with Crippen LogP contribution in [-0.4, -0.2) is 18.1 Å². The molecular weight excluding hydrogens is 355 g/mol. The van der Waals surface area contributed by atoms with E-state index in [4.69, 9.17) is 9.47 Å². The number of hydrogen-bond donors (Lipinski definition) is 1. The summed E-state index contributed by atoms with van der Waals surface area (Å²) in [5.41, 5.74) is 1.13. The molecule has 4 rings (SSSR count). The molecule has 1 fully saturated rings. The summed E-state index contributed by atoms with van der Waals surface area (Å²) >= 11 is 0. The van der Waals surface area contributed by atoms with Crippen molar-refractivity contribution in [3.05, 3.63) is 84.3 Å². The minimum atomic E-state index is -0.307. The summed E-state index contributed by atoms with van der Waals surface area (Å²) in [5, 5.41) is 3.47. The van der Waals surface area contributed by atoms with Crippen LogP contribution in [0.2, 0.25) is 0 Å². The van der Waals surface area contributed by atoms with E-state index in [1.165, 1.54) is 12.1 Å². The summed E-state index contributed by atoms with van der Waals surface area (Å²) in [6.07, 6.45) is 3.78. The molecule has 0 saturated carbocycles. The summed E-state index contributed by atoms with van der Waals surface area (Å²) in [7, 11) is 0. The Morgan fingerprint density at radius 1 is 1.00 bits per heavy atom. The number of piperidine rings is 1. The molecule has 2 atom stereocenters. The fourth-order valence-corrected chi connectivity index (χ4v) is 3.51. The highest BCUT2D eigenvalue weighted by Gasteiger charge is 2.28. The third-order valence-electron chi connectivity index (χ3n) is 4.91. The molecule has 0 radical (unpaired) electrons. The number of nitrogens with zero attached hydrogens (tertiary/aromatic N) is 1. The largest absolute Gasteiger partial charge is 0.480 e. The van der Waals surface area contributed by atoms with Crippen LogP contribution < -0.4 is 14.8 Å². The molecule has 0 bridgehead atoms. The predicted molar refractivity (Wildman–Crippen MR) is 106 cm³/mol. The van der Waals surface area contributed by atoms with E-state index in [2.05, 4.69) is 22.4 Å². The van der Waals surface area contributed by atoms with Gasteiger partial charge in [0.1, 0.15) is 17.7 Å². The molecule has 1 N–H and O–H groups in total. The Morgan fingerprint density at radius 3 is 2.57 bits per heavy atom. The Labute approximate surface area is 164 Å². The molecule has 3 aromatic rings. The lowest BCUT2D eigenvalue weighted by atomic mass is 9.89. The highest BCUT2D eigenvalue weighted by molar-refractivity contribution is 5.38. The molecule has 5 heteroatoms. The normalized spacial score (nSPS) is 17.7. The van der Waals surface area contributed by atoms with Gasteiger partial charge in [-0.1, -0.05) is 30.3 Å². The van der Waals surface area contributed by atoms with E-state index in [1.54, 1.807) is 18.3 Å². The highest BCUT2D eigenvalue weighted by Crippen LogP contribution is 2.37. The Morgan fingerprint density at radius 2 is 1.82 bits per heavy atom. The van der Waals surface area contributed by atoms with E-state index in [-0.39, 0.29) is 11.9 Å². The molecule has 1 unspecified atom stereocenters. The summed E-state index contributed by atoms with van der Waals surface area (Å²) in [6, 6.07) is 19.8. The molecule has 28 heavy (non-hydrogen) atoms. The zero-order valence-electron chi connectivity index (χ0n) is 15.6. The summed E-state index contributed by atoms with van der Waals surface area (Å²) in [6.45, 7) is 1.96. The van der Waals surface area contributed by atoms with Gasteiger partial charge in [-0.25, -0.2) is 9.37 Å². The number of rotatable bonds is 6. The van der Waals surface area contributed by atoms with Gasteiger partial charge in [0.05, 0.1) is 0 Å². The molecular formula is C23H23FN2O2. The Bertz CT molecular complexity index is 881. The molecule has 1 aliphatic heterocycles. The van der Waals surface area contributed by atoms with Gasteiger partial charge in [-0.05, 0) is 61.3 Å². The van der Waals surface area contributed by atoms with Gasteiger partial charge in [0.2, 0.25) is 0 Å². The monoisotopic (exact) mass is 378 g/mol. The molecule has 2 aromatic carbocycles. The fourth-order valence-electron chi connectivity index (χ4n) is 3.51. The van der Waals surface area contributed by atoms with Crippen LogP contribution in [-0.2, 0) is 0 Å². The van der Waals surface area contributed by atoms with Gasteiger partial charge in [-0.15, -0.1) is 0 Å². The van der Waals surface area contributed by atoms with Gasteiger partial charge >= 0.3 is 0 Å². The first-order chi connectivity index (χ1) is 13.8. The zero-order chi connectivity index (χ0) is 19.2. The Kier molecular flexibility index (Phi) is 5.83. The van der Waals surface area contributed by atoms with Crippen molar-refractivity contribution in [2.24, 2.45) is 5.92 Å². The van der Waals surface area contributed by atoms with Crippen LogP contribution in [0.4, 0.5) is 4.39 Å². The van der Waals surface area contributed by atoms with Crippen molar-refractivity contribution in [1.82, 2.24) is 10.3 Å². The van der Waals surface area contributed by atoms with Crippen LogP contribution in [0.3, 0.4) is 0 Å². The van der Waals surface area contributed by atoms with Crippen LogP contribution in [0.25, 0.3) is 0 Å². The number of halogens is 1. The zero-order valence-corrected chi connectivity index (χ0v) is 15.6. The van der Waals surface area contributed by atoms with Crippen LogP contribution >= 0.6 is 0 Å². The minimum Gasteiger partial charge on any atom is -0.480 e. The maximum atomic E-state index is 13.2. The lowest BCUT2D eigenvalue weighted by Gasteiger charge is -2.31. The van der Waals surface area contributed by atoms with E-state index in [0.29, 0.717) is 23.3 Å². The quantitative estimate of drug-likeness (QED) is 0.646. The smallest absolute Gasteiger partial charge is 0.262 e. The van der Waals surface area contributed by atoms with Gasteiger partial charge in [0.25, 0.3) is 5.88 Å². The van der Waals surface area contributed by atoms with Crippen molar-refractivity contribution in [3.8, 4) is 17.4 Å². The molecule has 0 amide bonds. The van der Waals surface area contributed by atoms with Crippen molar-refractivity contribution in [2.75, 3.05) is 13.1 Å². The van der Waals surface area contributed by atoms with E-state index < -0.39 is 0 Å². The van der Waals surface area contributed by atoms with E-state index >= 15 is 0 Å². The number of benzene rings is 2. The van der Waals surface area contributed by atoms with Gasteiger partial charge < -0.3 is 14.8 Å². The lowest BCUT2D eigenvalue weighted by molar-refractivity contribution is 0.112. The summed E-state index contributed by atoms with van der Waals surface area (Å²) in [5.74, 6) is 1.51. The fraction of sp³-hybridized carbons (Fsp3) is 0.261. The van der Waals surface area contributed by atoms with Crippen molar-refractivity contribution >= 4 is 0 Å². The van der Waals surface area contributed by atoms with E-state index in [9.17, 15) is 4.39 Å². The van der Waals surface area contributed by atoms with Crippen molar-refractivity contribution in [1.29, 1.82) is 0 Å². The van der Waals surface area contributed by atoms with Gasteiger partial charge in [0, 0.05) is 18.7 Å². The molecule has 1 saturated heterocycles. The molecule has 1 aliphatic rings. The average molecular weight is 378 g/mol. The van der Waals surface area contributed by atoms with Crippen molar-refractivity contribution < 1.29 is 13.9 Å². The predicted octanol–water partition coefficient (Wildman–Crippen LogP) is 5.13. The standard InChI is InChI=1S/C23H23FN2O2/c24-19-10-12-20(13-11-19)27-23-21(9-5-15-26-23)28-22(17-6-2-1-3-7-17)18-8-4-14-25-16-18/h1-3,5-7,9-13,15,18,22,25H,4,8,14,16H2/t18-,22?/m0/s1. The molecule has 2 heterocycles. The van der Waals surface area contributed by atoms with Crippen LogP contribution in [0, 0.1) is 11.7 Å². The number of nitrogens with one attached hydrogen (secondary N) is 1. The van der Waals surface area contributed by atoms with Crippen LogP contribution in [0.15, 0.2) is 72.9 Å². The van der Waals surface area contributed by atoms with Crippen LogP contribution in [0.1, 0.15) is 24.5 Å². The Balaban J connectivity index is 1.60. The SMILES string of the molecule is Fc1ccc(Oc2ncccc2OC(c2ccccc2)[C@H]2CCCNC2)cc1. The number of ether oxygens (including phenoxy) is 2. The number of hydrogen-bond acceptors (Lipinski definition) is 4. The summed E-state index contributed by atoms with van der Waals surface area (Å²) in [4.78, 5) is 4.33.